The molecule has 0 aliphatic carbocycles. The van der Waals surface area contributed by atoms with Crippen molar-refractivity contribution in [2.24, 2.45) is 0 Å². The second-order valence-corrected chi connectivity index (χ2v) is 6.64. The first-order valence-electron chi connectivity index (χ1n) is 9.25. The van der Waals surface area contributed by atoms with E-state index in [1.165, 1.54) is 41.2 Å². The topological polar surface area (TPSA) is 103 Å². The molecule has 1 amide bonds. The minimum absolute atomic E-state index is 0.0789. The van der Waals surface area contributed by atoms with E-state index in [0.717, 1.165) is 0 Å². The number of halogens is 1. The lowest BCUT2D eigenvalue weighted by Gasteiger charge is -2.29. The van der Waals surface area contributed by atoms with Crippen molar-refractivity contribution < 1.29 is 18.8 Å². The number of nitro benzene ring substituents is 1. The maximum Gasteiger partial charge on any atom is 0.276 e. The van der Waals surface area contributed by atoms with Gasteiger partial charge in [-0.2, -0.15) is 5.10 Å². The predicted molar refractivity (Wildman–Crippen MR) is 108 cm³/mol. The molecule has 4 rings (SSSR count). The average molecular weight is 411 g/mol. The van der Waals surface area contributed by atoms with Crippen LogP contribution in [-0.2, 0) is 4.74 Å². The van der Waals surface area contributed by atoms with Gasteiger partial charge in [0.25, 0.3) is 11.6 Å². The maximum absolute atomic E-state index is 14.5. The van der Waals surface area contributed by atoms with Crippen molar-refractivity contribution in [3.05, 3.63) is 76.4 Å². The molecule has 0 radical (unpaired) electrons. The highest BCUT2D eigenvalue weighted by atomic mass is 19.1. The Morgan fingerprint density at radius 3 is 2.70 bits per heavy atom. The van der Waals surface area contributed by atoms with Gasteiger partial charge in [0.15, 0.2) is 5.69 Å². The molecule has 9 nitrogen and oxygen atoms in total. The third kappa shape index (κ3) is 4.13. The van der Waals surface area contributed by atoms with Crippen molar-refractivity contribution in [3.8, 4) is 5.69 Å². The number of amides is 1. The van der Waals surface area contributed by atoms with E-state index in [-0.39, 0.29) is 11.4 Å². The number of ether oxygens (including phenoxy) is 1. The van der Waals surface area contributed by atoms with Crippen molar-refractivity contribution in [1.29, 1.82) is 0 Å². The SMILES string of the molecule is O=C(Nc1ccc(N2CCOCC2)c(F)c1)c1ccn(-c2cccc([N+](=O)[O-])c2)n1. The molecule has 3 aromatic rings. The van der Waals surface area contributed by atoms with E-state index in [4.69, 9.17) is 4.74 Å². The second kappa shape index (κ2) is 8.29. The standard InChI is InChI=1S/C20H18FN5O4/c21-17-12-14(4-5-19(17)24-8-10-30-11-9-24)22-20(27)18-6-7-25(23-18)15-2-1-3-16(13-15)26(28)29/h1-7,12-13H,8-11H2,(H,22,27). The summed E-state index contributed by atoms with van der Waals surface area (Å²) in [7, 11) is 0. The fourth-order valence-corrected chi connectivity index (χ4v) is 3.18. The summed E-state index contributed by atoms with van der Waals surface area (Å²) in [5, 5.41) is 17.7. The Labute approximate surface area is 170 Å². The number of anilines is 2. The van der Waals surface area contributed by atoms with Crippen molar-refractivity contribution in [2.75, 3.05) is 36.5 Å². The lowest BCUT2D eigenvalue weighted by atomic mass is 10.2. The fourth-order valence-electron chi connectivity index (χ4n) is 3.18. The van der Waals surface area contributed by atoms with Gasteiger partial charge < -0.3 is 15.0 Å². The Morgan fingerprint density at radius 1 is 1.17 bits per heavy atom. The lowest BCUT2D eigenvalue weighted by Crippen LogP contribution is -2.36. The number of nitrogens with one attached hydrogen (secondary N) is 1. The molecule has 0 saturated carbocycles. The van der Waals surface area contributed by atoms with Crippen LogP contribution in [-0.4, -0.2) is 46.9 Å². The molecule has 0 spiro atoms. The van der Waals surface area contributed by atoms with Gasteiger partial charge in [-0.05, 0) is 30.3 Å². The quantitative estimate of drug-likeness (QED) is 0.511. The Bertz CT molecular complexity index is 1090. The van der Waals surface area contributed by atoms with Gasteiger partial charge >= 0.3 is 0 Å². The maximum atomic E-state index is 14.5. The molecule has 1 aliphatic rings. The zero-order valence-corrected chi connectivity index (χ0v) is 15.8. The van der Waals surface area contributed by atoms with E-state index < -0.39 is 16.6 Å². The molecule has 1 N–H and O–H groups in total. The number of nitrogens with zero attached hydrogens (tertiary/aromatic N) is 4. The predicted octanol–water partition coefficient (Wildman–Crippen LogP) is 3.01. The van der Waals surface area contributed by atoms with Crippen molar-refractivity contribution in [2.45, 2.75) is 0 Å². The number of aromatic nitrogens is 2. The molecule has 2 aromatic carbocycles. The van der Waals surface area contributed by atoms with Crippen molar-refractivity contribution in [3.63, 3.8) is 0 Å². The normalized spacial score (nSPS) is 13.8. The van der Waals surface area contributed by atoms with Crippen LogP contribution in [0.2, 0.25) is 0 Å². The molecule has 2 heterocycles. The van der Waals surface area contributed by atoms with Crippen LogP contribution in [0, 0.1) is 15.9 Å². The molecule has 154 valence electrons. The lowest BCUT2D eigenvalue weighted by molar-refractivity contribution is -0.384. The summed E-state index contributed by atoms with van der Waals surface area (Å²) >= 11 is 0. The molecule has 1 fully saturated rings. The number of carbonyl (C=O) groups is 1. The number of nitro groups is 1. The van der Waals surface area contributed by atoms with Crippen LogP contribution in [0.5, 0.6) is 0 Å². The summed E-state index contributed by atoms with van der Waals surface area (Å²) in [6.45, 7) is 2.31. The van der Waals surface area contributed by atoms with Crippen LogP contribution >= 0.6 is 0 Å². The first-order chi connectivity index (χ1) is 14.5. The number of hydrogen-bond donors (Lipinski definition) is 1. The van der Waals surface area contributed by atoms with Gasteiger partial charge in [-0.3, -0.25) is 14.9 Å². The average Bonchev–Trinajstić information content (AvgIpc) is 3.25. The summed E-state index contributed by atoms with van der Waals surface area (Å²) in [4.78, 5) is 24.8. The Kier molecular flexibility index (Phi) is 5.40. The van der Waals surface area contributed by atoms with Crippen molar-refractivity contribution in [1.82, 2.24) is 9.78 Å². The number of rotatable bonds is 5. The second-order valence-electron chi connectivity index (χ2n) is 6.64. The van der Waals surface area contributed by atoms with Gasteiger partial charge in [0.05, 0.1) is 29.5 Å². The Hall–Kier alpha value is -3.79. The van der Waals surface area contributed by atoms with Crippen LogP contribution in [0.3, 0.4) is 0 Å². The smallest absolute Gasteiger partial charge is 0.276 e. The number of non-ortho nitro benzene ring substituents is 1. The van der Waals surface area contributed by atoms with Gasteiger partial charge in [0.2, 0.25) is 0 Å². The minimum Gasteiger partial charge on any atom is -0.378 e. The number of hydrogen-bond acceptors (Lipinski definition) is 6. The highest BCUT2D eigenvalue weighted by molar-refractivity contribution is 6.02. The number of carbonyl (C=O) groups excluding carboxylic acids is 1. The largest absolute Gasteiger partial charge is 0.378 e. The summed E-state index contributed by atoms with van der Waals surface area (Å²) in [6, 6.07) is 11.9. The van der Waals surface area contributed by atoms with Crippen LogP contribution < -0.4 is 10.2 Å². The first kappa shape index (κ1) is 19.5. The zero-order chi connectivity index (χ0) is 21.1. The van der Waals surface area contributed by atoms with E-state index in [2.05, 4.69) is 10.4 Å². The molecule has 30 heavy (non-hydrogen) atoms. The highest BCUT2D eigenvalue weighted by Gasteiger charge is 2.17. The van der Waals surface area contributed by atoms with E-state index in [9.17, 15) is 19.3 Å². The zero-order valence-electron chi connectivity index (χ0n) is 15.8. The summed E-state index contributed by atoms with van der Waals surface area (Å²) in [6.07, 6.45) is 1.52. The molecular weight excluding hydrogens is 393 g/mol. The van der Waals surface area contributed by atoms with Crippen LogP contribution in [0.15, 0.2) is 54.7 Å². The Morgan fingerprint density at radius 2 is 1.97 bits per heavy atom. The summed E-state index contributed by atoms with van der Waals surface area (Å²) < 4.78 is 21.1. The number of benzene rings is 2. The molecule has 10 heteroatoms. The number of morpholine rings is 1. The van der Waals surface area contributed by atoms with Gasteiger partial charge in [0.1, 0.15) is 5.82 Å². The summed E-state index contributed by atoms with van der Waals surface area (Å²) in [5.74, 6) is -0.950. The molecule has 0 atom stereocenters. The van der Waals surface area contributed by atoms with Crippen molar-refractivity contribution >= 4 is 23.0 Å². The summed E-state index contributed by atoms with van der Waals surface area (Å²) in [5.41, 5.74) is 1.24. The molecule has 1 aromatic heterocycles. The van der Waals surface area contributed by atoms with E-state index in [1.807, 2.05) is 4.90 Å². The molecule has 0 unspecified atom stereocenters. The van der Waals surface area contributed by atoms with Crippen LogP contribution in [0.1, 0.15) is 10.5 Å². The molecule has 1 aliphatic heterocycles. The van der Waals surface area contributed by atoms with Gasteiger partial charge in [-0.1, -0.05) is 6.07 Å². The van der Waals surface area contributed by atoms with E-state index >= 15 is 0 Å². The van der Waals surface area contributed by atoms with Crippen LogP contribution in [0.4, 0.5) is 21.5 Å². The fraction of sp³-hybridized carbons (Fsp3) is 0.200. The minimum atomic E-state index is -0.516. The monoisotopic (exact) mass is 411 g/mol. The Balaban J connectivity index is 1.47. The molecule has 1 saturated heterocycles. The third-order valence-electron chi connectivity index (χ3n) is 4.68. The van der Waals surface area contributed by atoms with Gasteiger partial charge in [0, 0.05) is 37.1 Å². The third-order valence-corrected chi connectivity index (χ3v) is 4.68. The first-order valence-corrected chi connectivity index (χ1v) is 9.25. The van der Waals surface area contributed by atoms with E-state index in [1.54, 1.807) is 18.2 Å². The molecule has 0 bridgehead atoms. The van der Waals surface area contributed by atoms with E-state index in [0.29, 0.717) is 43.4 Å². The molecular formula is C20H18FN5O4. The highest BCUT2D eigenvalue weighted by Crippen LogP contribution is 2.24. The van der Waals surface area contributed by atoms with Gasteiger partial charge in [-0.25, -0.2) is 9.07 Å². The van der Waals surface area contributed by atoms with Crippen LogP contribution in [0.25, 0.3) is 5.69 Å². The van der Waals surface area contributed by atoms with Gasteiger partial charge in [-0.15, -0.1) is 0 Å².